The summed E-state index contributed by atoms with van der Waals surface area (Å²) in [4.78, 5) is 24.0. The number of carbonyl (C=O) groups is 2. The van der Waals surface area contributed by atoms with Gasteiger partial charge in [-0.05, 0) is 25.0 Å². The zero-order chi connectivity index (χ0) is 20.8. The summed E-state index contributed by atoms with van der Waals surface area (Å²) in [6.07, 6.45) is 8.04. The zero-order valence-electron chi connectivity index (χ0n) is 16.8. The molecule has 0 unspecified atom stereocenters. The van der Waals surface area contributed by atoms with Crippen molar-refractivity contribution in [1.82, 2.24) is 0 Å². The van der Waals surface area contributed by atoms with E-state index in [4.69, 9.17) is 9.47 Å². The molecule has 0 atom stereocenters. The average Bonchev–Trinajstić information content (AvgIpc) is 2.69. The standard InChI is InChI=1S/C22H28N2O4/c1-3-5-7-9-11-21(25)27-19-13-14-20(18(16-24)17(19)15-23)28-22(26)12-10-8-6-4-2/h13-14H,3-12H2,1-2H3. The van der Waals surface area contributed by atoms with Crippen LogP contribution in [0.1, 0.15) is 89.2 Å². The largest absolute Gasteiger partial charge is 0.425 e. The van der Waals surface area contributed by atoms with Gasteiger partial charge in [0.1, 0.15) is 34.8 Å². The molecule has 6 heteroatoms. The second kappa shape index (κ2) is 13.3. The number of nitriles is 2. The smallest absolute Gasteiger partial charge is 0.311 e. The van der Waals surface area contributed by atoms with Crippen molar-refractivity contribution in [1.29, 1.82) is 10.5 Å². The normalized spacial score (nSPS) is 10.0. The molecular weight excluding hydrogens is 356 g/mol. The molecule has 0 amide bonds. The molecule has 6 nitrogen and oxygen atoms in total. The highest BCUT2D eigenvalue weighted by atomic mass is 16.5. The van der Waals surface area contributed by atoms with Gasteiger partial charge in [-0.2, -0.15) is 10.5 Å². The summed E-state index contributed by atoms with van der Waals surface area (Å²) in [6, 6.07) is 6.54. The minimum absolute atomic E-state index is 0.0160. The molecule has 1 aromatic rings. The van der Waals surface area contributed by atoms with E-state index < -0.39 is 11.9 Å². The van der Waals surface area contributed by atoms with E-state index in [-0.39, 0.29) is 35.5 Å². The molecule has 0 aromatic heterocycles. The third-order valence-electron chi connectivity index (χ3n) is 4.27. The SMILES string of the molecule is CCCCCCC(=O)Oc1ccc(OC(=O)CCCCCC)c(C#N)c1C#N. The van der Waals surface area contributed by atoms with Crippen LogP contribution in [0.5, 0.6) is 11.5 Å². The molecule has 0 fully saturated rings. The number of ether oxygens (including phenoxy) is 2. The molecule has 0 aliphatic heterocycles. The van der Waals surface area contributed by atoms with Gasteiger partial charge in [-0.3, -0.25) is 9.59 Å². The van der Waals surface area contributed by atoms with Crippen LogP contribution in [-0.2, 0) is 9.59 Å². The maximum atomic E-state index is 12.0. The van der Waals surface area contributed by atoms with E-state index in [0.717, 1.165) is 38.5 Å². The van der Waals surface area contributed by atoms with Gasteiger partial charge in [0.15, 0.2) is 0 Å². The average molecular weight is 384 g/mol. The maximum absolute atomic E-state index is 12.0. The number of rotatable bonds is 12. The van der Waals surface area contributed by atoms with Crippen LogP contribution in [-0.4, -0.2) is 11.9 Å². The number of carbonyl (C=O) groups excluding carboxylic acids is 2. The van der Waals surface area contributed by atoms with E-state index in [1.54, 1.807) is 0 Å². The lowest BCUT2D eigenvalue weighted by atomic mass is 10.1. The number of hydrogen-bond acceptors (Lipinski definition) is 6. The molecule has 0 heterocycles. The predicted octanol–water partition coefficient (Wildman–Crippen LogP) is 5.18. The molecule has 0 saturated heterocycles. The van der Waals surface area contributed by atoms with Gasteiger partial charge < -0.3 is 9.47 Å². The Bertz CT molecular complexity index is 681. The van der Waals surface area contributed by atoms with E-state index in [9.17, 15) is 20.1 Å². The lowest BCUT2D eigenvalue weighted by Gasteiger charge is -2.11. The zero-order valence-corrected chi connectivity index (χ0v) is 16.8. The van der Waals surface area contributed by atoms with Crippen LogP contribution in [0.25, 0.3) is 0 Å². The number of esters is 2. The monoisotopic (exact) mass is 384 g/mol. The summed E-state index contributed by atoms with van der Waals surface area (Å²) < 4.78 is 10.5. The number of nitrogens with zero attached hydrogens (tertiary/aromatic N) is 2. The van der Waals surface area contributed by atoms with Gasteiger partial charge in [0.05, 0.1) is 0 Å². The van der Waals surface area contributed by atoms with E-state index >= 15 is 0 Å². The third kappa shape index (κ3) is 7.80. The van der Waals surface area contributed by atoms with Crippen LogP contribution in [0.2, 0.25) is 0 Å². The fraction of sp³-hybridized carbons (Fsp3) is 0.545. The first-order valence-corrected chi connectivity index (χ1v) is 9.95. The van der Waals surface area contributed by atoms with Crippen LogP contribution >= 0.6 is 0 Å². The summed E-state index contributed by atoms with van der Waals surface area (Å²) in [5, 5.41) is 18.8. The van der Waals surface area contributed by atoms with Crippen molar-refractivity contribution in [2.75, 3.05) is 0 Å². The Kier molecular flexibility index (Phi) is 11.0. The molecule has 28 heavy (non-hydrogen) atoms. The van der Waals surface area contributed by atoms with Gasteiger partial charge in [0, 0.05) is 12.8 Å². The van der Waals surface area contributed by atoms with Crippen LogP contribution in [0, 0.1) is 22.7 Å². The summed E-state index contributed by atoms with van der Waals surface area (Å²) in [6.45, 7) is 4.17. The first-order chi connectivity index (χ1) is 13.6. The van der Waals surface area contributed by atoms with Crippen LogP contribution < -0.4 is 9.47 Å². The Labute approximate surface area is 167 Å². The topological polar surface area (TPSA) is 100 Å². The number of unbranched alkanes of at least 4 members (excludes halogenated alkanes) is 6. The fourth-order valence-corrected chi connectivity index (χ4v) is 2.70. The van der Waals surface area contributed by atoms with Crippen molar-refractivity contribution < 1.29 is 19.1 Å². The second-order valence-corrected chi connectivity index (χ2v) is 6.60. The molecule has 0 spiro atoms. The highest BCUT2D eigenvalue weighted by Crippen LogP contribution is 2.30. The van der Waals surface area contributed by atoms with Gasteiger partial charge in [-0.15, -0.1) is 0 Å². The van der Waals surface area contributed by atoms with Crippen LogP contribution in [0.15, 0.2) is 12.1 Å². The predicted molar refractivity (Wildman–Crippen MR) is 105 cm³/mol. The first kappa shape index (κ1) is 23.2. The lowest BCUT2D eigenvalue weighted by Crippen LogP contribution is -2.11. The van der Waals surface area contributed by atoms with Gasteiger partial charge in [0.25, 0.3) is 0 Å². The Morgan fingerprint density at radius 2 is 1.14 bits per heavy atom. The van der Waals surface area contributed by atoms with Gasteiger partial charge in [-0.25, -0.2) is 0 Å². The molecular formula is C22H28N2O4. The summed E-state index contributed by atoms with van der Waals surface area (Å²) in [5.74, 6) is -0.862. The Balaban J connectivity index is 2.80. The molecule has 1 aromatic carbocycles. The molecule has 0 bridgehead atoms. The quantitative estimate of drug-likeness (QED) is 0.279. The van der Waals surface area contributed by atoms with Crippen molar-refractivity contribution >= 4 is 11.9 Å². The molecule has 150 valence electrons. The maximum Gasteiger partial charge on any atom is 0.311 e. The van der Waals surface area contributed by atoms with Crippen molar-refractivity contribution in [2.24, 2.45) is 0 Å². The molecule has 0 N–H and O–H groups in total. The van der Waals surface area contributed by atoms with Crippen molar-refractivity contribution in [3.05, 3.63) is 23.3 Å². The Morgan fingerprint density at radius 3 is 1.46 bits per heavy atom. The van der Waals surface area contributed by atoms with E-state index in [2.05, 4.69) is 13.8 Å². The highest BCUT2D eigenvalue weighted by Gasteiger charge is 2.19. The van der Waals surface area contributed by atoms with E-state index in [0.29, 0.717) is 12.8 Å². The minimum atomic E-state index is -0.447. The molecule has 1 rings (SSSR count). The van der Waals surface area contributed by atoms with Crippen molar-refractivity contribution in [2.45, 2.75) is 78.1 Å². The number of hydrogen-bond donors (Lipinski definition) is 0. The molecule has 0 saturated carbocycles. The number of benzene rings is 1. The van der Waals surface area contributed by atoms with Crippen molar-refractivity contribution in [3.63, 3.8) is 0 Å². The second-order valence-electron chi connectivity index (χ2n) is 6.60. The van der Waals surface area contributed by atoms with Gasteiger partial charge in [-0.1, -0.05) is 52.4 Å². The molecule has 0 radical (unpaired) electrons. The van der Waals surface area contributed by atoms with Crippen LogP contribution in [0.4, 0.5) is 0 Å². The van der Waals surface area contributed by atoms with E-state index in [1.165, 1.54) is 12.1 Å². The highest BCUT2D eigenvalue weighted by molar-refractivity contribution is 5.76. The summed E-state index contributed by atoms with van der Waals surface area (Å²) in [5.41, 5.74) is -0.193. The summed E-state index contributed by atoms with van der Waals surface area (Å²) in [7, 11) is 0. The Hall–Kier alpha value is -2.86. The first-order valence-electron chi connectivity index (χ1n) is 9.95. The summed E-state index contributed by atoms with van der Waals surface area (Å²) >= 11 is 0. The van der Waals surface area contributed by atoms with Crippen LogP contribution in [0.3, 0.4) is 0 Å². The van der Waals surface area contributed by atoms with E-state index in [1.807, 2.05) is 12.1 Å². The van der Waals surface area contributed by atoms with Gasteiger partial charge >= 0.3 is 11.9 Å². The van der Waals surface area contributed by atoms with Crippen molar-refractivity contribution in [3.8, 4) is 23.6 Å². The Morgan fingerprint density at radius 1 is 0.750 bits per heavy atom. The molecule has 0 aliphatic rings. The fourth-order valence-electron chi connectivity index (χ4n) is 2.70. The molecule has 0 aliphatic carbocycles. The third-order valence-corrected chi connectivity index (χ3v) is 4.27. The lowest BCUT2D eigenvalue weighted by molar-refractivity contribution is -0.135. The van der Waals surface area contributed by atoms with Gasteiger partial charge in [0.2, 0.25) is 0 Å². The minimum Gasteiger partial charge on any atom is -0.425 e.